The number of hydrogen-bond acceptors (Lipinski definition) is 5. The van der Waals surface area contributed by atoms with E-state index in [0.717, 1.165) is 33.8 Å². The maximum atomic E-state index is 12.8. The molecule has 0 spiro atoms. The van der Waals surface area contributed by atoms with Crippen LogP contribution in [0.1, 0.15) is 16.1 Å². The molecule has 0 aliphatic heterocycles. The summed E-state index contributed by atoms with van der Waals surface area (Å²) in [4.78, 5) is 23.6. The SMILES string of the molecule is Cc1ccc(Nc2cccc(N(C)C)c2)cc1NC(=O)c1cnc2ccccc2n1. The average Bonchev–Trinajstić information content (AvgIpc) is 2.76. The Morgan fingerprint density at radius 2 is 1.67 bits per heavy atom. The smallest absolute Gasteiger partial charge is 0.275 e. The lowest BCUT2D eigenvalue weighted by molar-refractivity contribution is 0.102. The number of nitrogens with zero attached hydrogens (tertiary/aromatic N) is 3. The van der Waals surface area contributed by atoms with Gasteiger partial charge in [-0.1, -0.05) is 24.3 Å². The van der Waals surface area contributed by atoms with Gasteiger partial charge >= 0.3 is 0 Å². The molecule has 0 unspecified atom stereocenters. The first-order valence-electron chi connectivity index (χ1n) is 9.68. The van der Waals surface area contributed by atoms with E-state index in [1.165, 1.54) is 6.20 Å². The predicted molar refractivity (Wildman–Crippen MR) is 123 cm³/mol. The quantitative estimate of drug-likeness (QED) is 0.496. The summed E-state index contributed by atoms with van der Waals surface area (Å²) in [6.45, 7) is 1.96. The van der Waals surface area contributed by atoms with E-state index < -0.39 is 0 Å². The molecule has 1 aromatic heterocycles. The third kappa shape index (κ3) is 4.22. The molecular weight excluding hydrogens is 374 g/mol. The second-order valence-corrected chi connectivity index (χ2v) is 7.30. The van der Waals surface area contributed by atoms with Crippen molar-refractivity contribution < 1.29 is 4.79 Å². The van der Waals surface area contributed by atoms with Gasteiger partial charge in [-0.3, -0.25) is 9.78 Å². The summed E-state index contributed by atoms with van der Waals surface area (Å²) in [6, 6.07) is 21.5. The van der Waals surface area contributed by atoms with Gasteiger partial charge in [0.05, 0.1) is 17.2 Å². The maximum absolute atomic E-state index is 12.8. The molecule has 0 saturated carbocycles. The van der Waals surface area contributed by atoms with Crippen LogP contribution >= 0.6 is 0 Å². The van der Waals surface area contributed by atoms with Crippen molar-refractivity contribution in [3.05, 3.63) is 84.2 Å². The molecule has 2 N–H and O–H groups in total. The van der Waals surface area contributed by atoms with Gasteiger partial charge in [0.25, 0.3) is 5.91 Å². The maximum Gasteiger partial charge on any atom is 0.275 e. The number of aryl methyl sites for hydroxylation is 1. The van der Waals surface area contributed by atoms with Crippen LogP contribution in [0.2, 0.25) is 0 Å². The van der Waals surface area contributed by atoms with E-state index in [4.69, 9.17) is 0 Å². The molecule has 1 heterocycles. The number of anilines is 4. The summed E-state index contributed by atoms with van der Waals surface area (Å²) >= 11 is 0. The second kappa shape index (κ2) is 8.21. The highest BCUT2D eigenvalue weighted by Crippen LogP contribution is 2.26. The van der Waals surface area contributed by atoms with Gasteiger partial charge in [-0.05, 0) is 55.0 Å². The van der Waals surface area contributed by atoms with Crippen molar-refractivity contribution in [2.75, 3.05) is 29.6 Å². The third-order valence-corrected chi connectivity index (χ3v) is 4.82. The van der Waals surface area contributed by atoms with Crippen molar-refractivity contribution in [2.24, 2.45) is 0 Å². The Labute approximate surface area is 175 Å². The number of carbonyl (C=O) groups excluding carboxylic acids is 1. The first-order valence-corrected chi connectivity index (χ1v) is 9.68. The van der Waals surface area contributed by atoms with Gasteiger partial charge in [0.15, 0.2) is 0 Å². The fourth-order valence-electron chi connectivity index (χ4n) is 3.12. The van der Waals surface area contributed by atoms with E-state index in [1.54, 1.807) is 0 Å². The summed E-state index contributed by atoms with van der Waals surface area (Å²) in [5.74, 6) is -0.289. The first-order chi connectivity index (χ1) is 14.5. The summed E-state index contributed by atoms with van der Waals surface area (Å²) in [5, 5.41) is 6.36. The lowest BCUT2D eigenvalue weighted by Gasteiger charge is -2.15. The molecular formula is C24H23N5O. The Bertz CT molecular complexity index is 1220. The molecule has 4 aromatic rings. The molecule has 6 heteroatoms. The van der Waals surface area contributed by atoms with Crippen LogP contribution in [0, 0.1) is 6.92 Å². The van der Waals surface area contributed by atoms with Crippen molar-refractivity contribution in [1.82, 2.24) is 9.97 Å². The normalized spacial score (nSPS) is 10.6. The number of fused-ring (bicyclic) bond motifs is 1. The summed E-state index contributed by atoms with van der Waals surface area (Å²) < 4.78 is 0. The van der Waals surface area contributed by atoms with E-state index in [-0.39, 0.29) is 11.6 Å². The average molecular weight is 397 g/mol. The van der Waals surface area contributed by atoms with Crippen LogP contribution in [-0.4, -0.2) is 30.0 Å². The molecule has 0 atom stereocenters. The van der Waals surface area contributed by atoms with E-state index in [0.29, 0.717) is 5.52 Å². The molecule has 6 nitrogen and oxygen atoms in total. The van der Waals surface area contributed by atoms with Crippen LogP contribution in [0.4, 0.5) is 22.7 Å². The highest BCUT2D eigenvalue weighted by atomic mass is 16.1. The summed E-state index contributed by atoms with van der Waals surface area (Å²) in [5.41, 5.74) is 6.39. The van der Waals surface area contributed by atoms with Gasteiger partial charge in [-0.25, -0.2) is 4.98 Å². The van der Waals surface area contributed by atoms with Crippen LogP contribution in [-0.2, 0) is 0 Å². The molecule has 0 radical (unpaired) electrons. The van der Waals surface area contributed by atoms with E-state index in [9.17, 15) is 4.79 Å². The first kappa shape index (κ1) is 19.4. The topological polar surface area (TPSA) is 70.2 Å². The molecule has 30 heavy (non-hydrogen) atoms. The van der Waals surface area contributed by atoms with E-state index in [1.807, 2.05) is 75.6 Å². The van der Waals surface area contributed by atoms with E-state index in [2.05, 4.69) is 37.6 Å². The predicted octanol–water partition coefficient (Wildman–Crippen LogP) is 5.00. The Hall–Kier alpha value is -3.93. The standard InChI is InChI=1S/C24H23N5O/c1-16-11-12-18(26-17-7-6-8-19(13-17)29(2)3)14-22(16)28-24(30)23-15-25-20-9-4-5-10-21(20)27-23/h4-15,26H,1-3H3,(H,28,30). The lowest BCUT2D eigenvalue weighted by Crippen LogP contribution is -2.15. The number of benzene rings is 3. The van der Waals surface area contributed by atoms with Gasteiger partial charge in [-0.15, -0.1) is 0 Å². The zero-order valence-corrected chi connectivity index (χ0v) is 17.2. The Balaban J connectivity index is 1.55. The van der Waals surface area contributed by atoms with Gasteiger partial charge in [0.1, 0.15) is 5.69 Å². The van der Waals surface area contributed by atoms with Crippen molar-refractivity contribution in [3.8, 4) is 0 Å². The number of amides is 1. The number of para-hydroxylation sites is 2. The molecule has 4 rings (SSSR count). The minimum absolute atomic E-state index is 0.283. The molecule has 0 saturated heterocycles. The minimum atomic E-state index is -0.289. The zero-order valence-electron chi connectivity index (χ0n) is 17.2. The van der Waals surface area contributed by atoms with Crippen molar-refractivity contribution in [2.45, 2.75) is 6.92 Å². The fraction of sp³-hybridized carbons (Fsp3) is 0.125. The van der Waals surface area contributed by atoms with E-state index >= 15 is 0 Å². The number of rotatable bonds is 5. The third-order valence-electron chi connectivity index (χ3n) is 4.82. The molecule has 1 amide bonds. The van der Waals surface area contributed by atoms with Crippen LogP contribution in [0.15, 0.2) is 72.9 Å². The van der Waals surface area contributed by atoms with Crippen LogP contribution in [0.25, 0.3) is 11.0 Å². The Morgan fingerprint density at radius 1 is 0.900 bits per heavy atom. The highest BCUT2D eigenvalue weighted by molar-refractivity contribution is 6.04. The van der Waals surface area contributed by atoms with Crippen molar-refractivity contribution in [3.63, 3.8) is 0 Å². The van der Waals surface area contributed by atoms with Crippen molar-refractivity contribution >= 4 is 39.7 Å². The lowest BCUT2D eigenvalue weighted by atomic mass is 10.1. The van der Waals surface area contributed by atoms with Gasteiger partial charge in [0.2, 0.25) is 0 Å². The summed E-state index contributed by atoms with van der Waals surface area (Å²) in [6.07, 6.45) is 1.50. The Kier molecular flexibility index (Phi) is 5.30. The van der Waals surface area contributed by atoms with Gasteiger partial charge in [0, 0.05) is 36.8 Å². The molecule has 0 fully saturated rings. The summed E-state index contributed by atoms with van der Waals surface area (Å²) in [7, 11) is 4.02. The number of hydrogen-bond donors (Lipinski definition) is 2. The molecule has 0 aliphatic rings. The van der Waals surface area contributed by atoms with Crippen LogP contribution in [0.5, 0.6) is 0 Å². The monoisotopic (exact) mass is 397 g/mol. The number of nitrogens with one attached hydrogen (secondary N) is 2. The molecule has 0 bridgehead atoms. The van der Waals surface area contributed by atoms with Crippen molar-refractivity contribution in [1.29, 1.82) is 0 Å². The van der Waals surface area contributed by atoms with Crippen LogP contribution in [0.3, 0.4) is 0 Å². The number of aromatic nitrogens is 2. The minimum Gasteiger partial charge on any atom is -0.378 e. The van der Waals surface area contributed by atoms with Gasteiger partial charge < -0.3 is 15.5 Å². The number of carbonyl (C=O) groups is 1. The molecule has 3 aromatic carbocycles. The Morgan fingerprint density at radius 3 is 2.47 bits per heavy atom. The molecule has 0 aliphatic carbocycles. The largest absolute Gasteiger partial charge is 0.378 e. The second-order valence-electron chi connectivity index (χ2n) is 7.30. The van der Waals surface area contributed by atoms with Gasteiger partial charge in [-0.2, -0.15) is 0 Å². The molecule has 150 valence electrons. The zero-order chi connectivity index (χ0) is 21.1. The highest BCUT2D eigenvalue weighted by Gasteiger charge is 2.11. The van der Waals surface area contributed by atoms with Crippen LogP contribution < -0.4 is 15.5 Å². The fourth-order valence-corrected chi connectivity index (χ4v) is 3.12.